The predicted octanol–water partition coefficient (Wildman–Crippen LogP) is 2.84. The third-order valence-corrected chi connectivity index (χ3v) is 6.43. The minimum Gasteiger partial charge on any atom is -0.351 e. The summed E-state index contributed by atoms with van der Waals surface area (Å²) in [7, 11) is -1.01. The Morgan fingerprint density at radius 1 is 1.28 bits per heavy atom. The van der Waals surface area contributed by atoms with Gasteiger partial charge in [-0.15, -0.1) is 0 Å². The highest BCUT2D eigenvalue weighted by molar-refractivity contribution is 14.1. The molecule has 1 aliphatic heterocycles. The fourth-order valence-corrected chi connectivity index (χ4v) is 4.54. The van der Waals surface area contributed by atoms with Crippen LogP contribution in [0.1, 0.15) is 16.1 Å². The first-order chi connectivity index (χ1) is 13.9. The molecule has 8 heteroatoms. The smallest absolute Gasteiger partial charge is 0.268 e. The lowest BCUT2D eigenvalue weighted by atomic mass is 9.97. The van der Waals surface area contributed by atoms with Gasteiger partial charge in [-0.2, -0.15) is 0 Å². The molecule has 2 unspecified atom stereocenters. The van der Waals surface area contributed by atoms with E-state index in [4.69, 9.17) is 0 Å². The van der Waals surface area contributed by atoms with Gasteiger partial charge in [0.1, 0.15) is 11.7 Å². The summed E-state index contributed by atoms with van der Waals surface area (Å²) in [6.07, 6.45) is 2.06. The maximum absolute atomic E-state index is 13.1. The van der Waals surface area contributed by atoms with E-state index in [2.05, 4.69) is 32.9 Å². The average Bonchev–Trinajstić information content (AvgIpc) is 3.11. The molecular formula is C21H20IN3O3S. The Morgan fingerprint density at radius 2 is 2.07 bits per heavy atom. The summed E-state index contributed by atoms with van der Waals surface area (Å²) in [4.78, 5) is 30.7. The molecule has 150 valence electrons. The molecule has 2 amide bonds. The fourth-order valence-electron chi connectivity index (χ4n) is 3.59. The summed E-state index contributed by atoms with van der Waals surface area (Å²) in [5.41, 5.74) is 3.12. The van der Waals surface area contributed by atoms with Crippen molar-refractivity contribution in [3.05, 3.63) is 63.4 Å². The van der Waals surface area contributed by atoms with E-state index in [0.29, 0.717) is 24.4 Å². The summed E-state index contributed by atoms with van der Waals surface area (Å²) in [5.74, 6) is -0.0948. The van der Waals surface area contributed by atoms with Crippen LogP contribution >= 0.6 is 22.6 Å². The van der Waals surface area contributed by atoms with E-state index in [-0.39, 0.29) is 11.8 Å². The number of anilines is 1. The van der Waals surface area contributed by atoms with Gasteiger partial charge in [-0.3, -0.25) is 13.8 Å². The van der Waals surface area contributed by atoms with Gasteiger partial charge in [-0.05, 0) is 58.5 Å². The number of rotatable bonds is 5. The largest absolute Gasteiger partial charge is 0.351 e. The number of nitrogens with zero attached hydrogens (tertiary/aromatic N) is 1. The van der Waals surface area contributed by atoms with Gasteiger partial charge in [0.25, 0.3) is 5.91 Å². The van der Waals surface area contributed by atoms with Gasteiger partial charge in [0.05, 0.1) is 0 Å². The van der Waals surface area contributed by atoms with Crippen molar-refractivity contribution in [2.24, 2.45) is 0 Å². The zero-order valence-corrected chi connectivity index (χ0v) is 18.7. The molecule has 0 saturated carbocycles. The van der Waals surface area contributed by atoms with E-state index in [1.54, 1.807) is 17.2 Å². The van der Waals surface area contributed by atoms with Gasteiger partial charge in [0, 0.05) is 55.9 Å². The number of nitrogens with one attached hydrogen (secondary N) is 2. The number of para-hydroxylation sites is 1. The van der Waals surface area contributed by atoms with E-state index >= 15 is 0 Å². The Bertz CT molecular complexity index is 1130. The zero-order valence-electron chi connectivity index (χ0n) is 15.8. The van der Waals surface area contributed by atoms with Crippen molar-refractivity contribution >= 4 is 61.8 Å². The normalized spacial score (nSPS) is 17.2. The first-order valence-corrected chi connectivity index (χ1v) is 12.0. The minimum atomic E-state index is -1.01. The molecule has 2 atom stereocenters. The van der Waals surface area contributed by atoms with Crippen LogP contribution in [0.15, 0.2) is 48.5 Å². The molecule has 0 spiro atoms. The first-order valence-electron chi connectivity index (χ1n) is 9.21. The molecule has 1 aliphatic rings. The number of benzene rings is 2. The number of hydrogen-bond acceptors (Lipinski definition) is 3. The van der Waals surface area contributed by atoms with Crippen LogP contribution in [0.4, 0.5) is 5.69 Å². The maximum Gasteiger partial charge on any atom is 0.268 e. The monoisotopic (exact) mass is 521 g/mol. The Balaban J connectivity index is 1.58. The van der Waals surface area contributed by atoms with Crippen LogP contribution in [0.3, 0.4) is 0 Å². The van der Waals surface area contributed by atoms with Crippen molar-refractivity contribution in [2.75, 3.05) is 23.5 Å². The fraction of sp³-hybridized carbons (Fsp3) is 0.238. The average molecular weight is 521 g/mol. The quantitative estimate of drug-likeness (QED) is 0.507. The van der Waals surface area contributed by atoms with Crippen LogP contribution in [0, 0.1) is 3.57 Å². The molecule has 6 nitrogen and oxygen atoms in total. The summed E-state index contributed by atoms with van der Waals surface area (Å²) in [5, 5.41) is 3.83. The van der Waals surface area contributed by atoms with E-state index in [9.17, 15) is 13.8 Å². The van der Waals surface area contributed by atoms with Crippen LogP contribution in [0.5, 0.6) is 0 Å². The highest BCUT2D eigenvalue weighted by atomic mass is 127. The number of fused-ring (bicyclic) bond motifs is 2. The van der Waals surface area contributed by atoms with Crippen LogP contribution < -0.4 is 10.2 Å². The molecule has 2 aromatic carbocycles. The van der Waals surface area contributed by atoms with Gasteiger partial charge in [-0.25, -0.2) is 0 Å². The molecular weight excluding hydrogens is 501 g/mol. The lowest BCUT2D eigenvalue weighted by molar-refractivity contribution is -0.120. The summed E-state index contributed by atoms with van der Waals surface area (Å²) >= 11 is 2.23. The number of aromatic amines is 1. The number of carbonyl (C=O) groups is 2. The topological polar surface area (TPSA) is 82.3 Å². The predicted molar refractivity (Wildman–Crippen MR) is 124 cm³/mol. The van der Waals surface area contributed by atoms with Crippen LogP contribution in [0.25, 0.3) is 10.9 Å². The standard InChI is InChI=1S/C21H20IN3O3S/c1-29(28)9-8-25-19-5-3-2-4-13(19)11-18(21(25)27)24-20(26)17-12-14-10-15(22)6-7-16(14)23-17/h2-7,10,12,18,23H,8-9,11H2,1H3,(H,24,26). The van der Waals surface area contributed by atoms with Crippen molar-refractivity contribution in [3.63, 3.8) is 0 Å². The van der Waals surface area contributed by atoms with E-state index in [1.165, 1.54) is 0 Å². The second-order valence-electron chi connectivity index (χ2n) is 7.04. The Morgan fingerprint density at radius 3 is 2.86 bits per heavy atom. The highest BCUT2D eigenvalue weighted by Crippen LogP contribution is 2.28. The van der Waals surface area contributed by atoms with Crippen molar-refractivity contribution in [1.82, 2.24) is 10.3 Å². The van der Waals surface area contributed by atoms with Crippen LogP contribution in [-0.2, 0) is 22.0 Å². The highest BCUT2D eigenvalue weighted by Gasteiger charge is 2.33. The number of carbonyl (C=O) groups excluding carboxylic acids is 2. The number of H-pyrrole nitrogens is 1. The van der Waals surface area contributed by atoms with E-state index < -0.39 is 16.8 Å². The molecule has 4 rings (SSSR count). The maximum atomic E-state index is 13.1. The molecule has 2 N–H and O–H groups in total. The third-order valence-electron chi connectivity index (χ3n) is 5.01. The lowest BCUT2D eigenvalue weighted by Gasteiger charge is -2.34. The van der Waals surface area contributed by atoms with Gasteiger partial charge in [0.15, 0.2) is 0 Å². The van der Waals surface area contributed by atoms with E-state index in [1.807, 2.05) is 42.5 Å². The number of hydrogen-bond donors (Lipinski definition) is 2. The second-order valence-corrected chi connectivity index (χ2v) is 9.84. The van der Waals surface area contributed by atoms with Crippen LogP contribution in [-0.4, -0.2) is 45.6 Å². The second kappa shape index (κ2) is 8.27. The minimum absolute atomic E-state index is 0.173. The molecule has 0 aliphatic carbocycles. The molecule has 2 heterocycles. The van der Waals surface area contributed by atoms with Gasteiger partial charge in [0.2, 0.25) is 5.91 Å². The molecule has 0 fully saturated rings. The zero-order chi connectivity index (χ0) is 20.5. The van der Waals surface area contributed by atoms with Crippen molar-refractivity contribution < 1.29 is 13.8 Å². The van der Waals surface area contributed by atoms with Gasteiger partial charge >= 0.3 is 0 Å². The van der Waals surface area contributed by atoms with E-state index in [0.717, 1.165) is 25.7 Å². The Kier molecular flexibility index (Phi) is 5.73. The molecule has 29 heavy (non-hydrogen) atoms. The van der Waals surface area contributed by atoms with Crippen molar-refractivity contribution in [1.29, 1.82) is 0 Å². The number of amides is 2. The summed E-state index contributed by atoms with van der Waals surface area (Å²) in [6, 6.07) is 14.7. The van der Waals surface area contributed by atoms with Gasteiger partial charge in [-0.1, -0.05) is 18.2 Å². The molecule has 0 radical (unpaired) electrons. The van der Waals surface area contributed by atoms with Crippen molar-refractivity contribution in [2.45, 2.75) is 12.5 Å². The van der Waals surface area contributed by atoms with Crippen molar-refractivity contribution in [3.8, 4) is 0 Å². The summed E-state index contributed by atoms with van der Waals surface area (Å²) in [6.45, 7) is 0.357. The van der Waals surface area contributed by atoms with Crippen LogP contribution in [0.2, 0.25) is 0 Å². The molecule has 3 aromatic rings. The Hall–Kier alpha value is -2.20. The molecule has 1 aromatic heterocycles. The summed E-state index contributed by atoms with van der Waals surface area (Å²) < 4.78 is 12.6. The Labute approximate surface area is 184 Å². The third kappa shape index (κ3) is 4.23. The molecule has 0 bridgehead atoms. The number of halogens is 1. The molecule has 0 saturated heterocycles. The van der Waals surface area contributed by atoms with Gasteiger partial charge < -0.3 is 15.2 Å². The first kappa shape index (κ1) is 20.1. The lowest BCUT2D eigenvalue weighted by Crippen LogP contribution is -2.53. The SMILES string of the molecule is CS(=O)CCN1C(=O)C(NC(=O)c2cc3cc(I)ccc3[nH]2)Cc2ccccc21. The number of aromatic nitrogens is 1.